The molecule has 1 N–H and O–H groups in total. The average molecular weight is 435 g/mol. The van der Waals surface area contributed by atoms with Crippen LogP contribution in [-0.4, -0.2) is 35.6 Å². The van der Waals surface area contributed by atoms with Crippen molar-refractivity contribution >= 4 is 34.9 Å². The second-order valence-corrected chi connectivity index (χ2v) is 7.61. The molecule has 0 spiro atoms. The molecule has 158 valence electrons. The van der Waals surface area contributed by atoms with Crippen LogP contribution >= 0.6 is 11.6 Å². The Kier molecular flexibility index (Phi) is 6.12. The predicted molar refractivity (Wildman–Crippen MR) is 108 cm³/mol. The molecule has 3 rings (SSSR count). The summed E-state index contributed by atoms with van der Waals surface area (Å²) in [6.45, 7) is 2.90. The zero-order valence-electron chi connectivity index (χ0n) is 16.3. The number of esters is 1. The zero-order chi connectivity index (χ0) is 21.9. The number of benzene rings is 2. The van der Waals surface area contributed by atoms with Crippen molar-refractivity contribution in [2.24, 2.45) is 0 Å². The molecule has 0 saturated carbocycles. The summed E-state index contributed by atoms with van der Waals surface area (Å²) in [5, 5.41) is 13.3. The van der Waals surface area contributed by atoms with Crippen molar-refractivity contribution in [3.05, 3.63) is 57.1 Å². The number of halogens is 1. The van der Waals surface area contributed by atoms with Crippen LogP contribution in [0.25, 0.3) is 0 Å². The standard InChI is InChI=1S/C20H19ClN2O7/c1-20(2)9-12-4-3-5-16(19(12)30-20)28-11-18(25)29-10-17(24)22-15-8-13(23(26)27)6-7-14(15)21/h3-8H,9-11H2,1-2H3,(H,22,24). The van der Waals surface area contributed by atoms with Crippen molar-refractivity contribution in [1.82, 2.24) is 0 Å². The summed E-state index contributed by atoms with van der Waals surface area (Å²) in [4.78, 5) is 34.1. The summed E-state index contributed by atoms with van der Waals surface area (Å²) in [6.07, 6.45) is 0.727. The number of nitro benzene ring substituents is 1. The third-order valence-corrected chi connectivity index (χ3v) is 4.53. The van der Waals surface area contributed by atoms with Crippen LogP contribution in [0.5, 0.6) is 11.5 Å². The van der Waals surface area contributed by atoms with E-state index in [1.165, 1.54) is 12.1 Å². The van der Waals surface area contributed by atoms with E-state index in [0.717, 1.165) is 18.1 Å². The van der Waals surface area contributed by atoms with E-state index in [9.17, 15) is 19.7 Å². The molecule has 0 aliphatic carbocycles. The second-order valence-electron chi connectivity index (χ2n) is 7.20. The van der Waals surface area contributed by atoms with E-state index >= 15 is 0 Å². The predicted octanol–water partition coefficient (Wildman–Crippen LogP) is 3.52. The molecule has 0 fully saturated rings. The number of non-ortho nitro benzene ring substituents is 1. The van der Waals surface area contributed by atoms with Crippen molar-refractivity contribution in [2.45, 2.75) is 25.9 Å². The Labute approximate surface area is 177 Å². The van der Waals surface area contributed by atoms with Crippen molar-refractivity contribution in [2.75, 3.05) is 18.5 Å². The molecule has 10 heteroatoms. The monoisotopic (exact) mass is 434 g/mol. The van der Waals surface area contributed by atoms with Crippen LogP contribution in [0.15, 0.2) is 36.4 Å². The topological polar surface area (TPSA) is 117 Å². The smallest absolute Gasteiger partial charge is 0.344 e. The van der Waals surface area contributed by atoms with E-state index in [1.54, 1.807) is 12.1 Å². The van der Waals surface area contributed by atoms with Gasteiger partial charge in [0.1, 0.15) is 5.60 Å². The number of amides is 1. The number of nitro groups is 1. The Morgan fingerprint density at radius 1 is 1.27 bits per heavy atom. The Bertz CT molecular complexity index is 1010. The Hall–Kier alpha value is -3.33. The zero-order valence-corrected chi connectivity index (χ0v) is 17.0. The lowest BCUT2D eigenvalue weighted by Gasteiger charge is -2.18. The van der Waals surface area contributed by atoms with Gasteiger partial charge in [-0.3, -0.25) is 14.9 Å². The van der Waals surface area contributed by atoms with Gasteiger partial charge in [0.15, 0.2) is 24.7 Å². The van der Waals surface area contributed by atoms with Crippen LogP contribution in [0.2, 0.25) is 5.02 Å². The van der Waals surface area contributed by atoms with Crippen LogP contribution in [-0.2, 0) is 20.7 Å². The first-order valence-corrected chi connectivity index (χ1v) is 9.35. The molecule has 2 aromatic rings. The minimum atomic E-state index is -0.759. The molecule has 30 heavy (non-hydrogen) atoms. The van der Waals surface area contributed by atoms with Gasteiger partial charge in [0.05, 0.1) is 15.6 Å². The highest BCUT2D eigenvalue weighted by Crippen LogP contribution is 2.41. The number of para-hydroxylation sites is 1. The van der Waals surface area contributed by atoms with Crippen molar-refractivity contribution < 1.29 is 28.7 Å². The van der Waals surface area contributed by atoms with E-state index in [4.69, 9.17) is 25.8 Å². The summed E-state index contributed by atoms with van der Waals surface area (Å²) < 4.78 is 16.2. The van der Waals surface area contributed by atoms with Crippen LogP contribution in [0, 0.1) is 10.1 Å². The number of anilines is 1. The number of nitrogens with one attached hydrogen (secondary N) is 1. The minimum Gasteiger partial charge on any atom is -0.483 e. The summed E-state index contributed by atoms with van der Waals surface area (Å²) in [5.74, 6) is -0.446. The Balaban J connectivity index is 1.50. The summed E-state index contributed by atoms with van der Waals surface area (Å²) >= 11 is 5.91. The van der Waals surface area contributed by atoms with Crippen molar-refractivity contribution in [3.8, 4) is 11.5 Å². The largest absolute Gasteiger partial charge is 0.483 e. The first-order valence-electron chi connectivity index (χ1n) is 8.98. The lowest BCUT2D eigenvalue weighted by Crippen LogP contribution is -2.25. The molecule has 1 aliphatic rings. The molecule has 1 aliphatic heterocycles. The van der Waals surface area contributed by atoms with Gasteiger partial charge in [-0.1, -0.05) is 23.7 Å². The third kappa shape index (κ3) is 5.18. The van der Waals surface area contributed by atoms with E-state index in [1.807, 2.05) is 19.9 Å². The van der Waals surface area contributed by atoms with Gasteiger partial charge in [-0.15, -0.1) is 0 Å². The number of rotatable bonds is 7. The van der Waals surface area contributed by atoms with Gasteiger partial charge in [-0.2, -0.15) is 0 Å². The number of hydrogen-bond acceptors (Lipinski definition) is 7. The molecule has 1 amide bonds. The summed E-state index contributed by atoms with van der Waals surface area (Å²) in [6, 6.07) is 9.03. The number of hydrogen-bond donors (Lipinski definition) is 1. The lowest BCUT2D eigenvalue weighted by molar-refractivity contribution is -0.384. The molecule has 9 nitrogen and oxygen atoms in total. The molecule has 0 atom stereocenters. The maximum atomic E-state index is 12.0. The molecule has 0 aromatic heterocycles. The highest BCUT2D eigenvalue weighted by atomic mass is 35.5. The van der Waals surface area contributed by atoms with Gasteiger partial charge < -0.3 is 19.5 Å². The SMILES string of the molecule is CC1(C)Cc2cccc(OCC(=O)OCC(=O)Nc3cc([N+](=O)[O-])ccc3Cl)c2O1. The van der Waals surface area contributed by atoms with Crippen LogP contribution in [0.1, 0.15) is 19.4 Å². The molecule has 2 aromatic carbocycles. The van der Waals surface area contributed by atoms with Crippen LogP contribution in [0.4, 0.5) is 11.4 Å². The van der Waals surface area contributed by atoms with Gasteiger partial charge in [0.25, 0.3) is 11.6 Å². The van der Waals surface area contributed by atoms with Crippen LogP contribution < -0.4 is 14.8 Å². The van der Waals surface area contributed by atoms with Crippen molar-refractivity contribution in [3.63, 3.8) is 0 Å². The van der Waals surface area contributed by atoms with E-state index in [0.29, 0.717) is 11.5 Å². The van der Waals surface area contributed by atoms with Crippen molar-refractivity contribution in [1.29, 1.82) is 0 Å². The third-order valence-electron chi connectivity index (χ3n) is 4.20. The van der Waals surface area contributed by atoms with Gasteiger partial charge in [-0.25, -0.2) is 4.79 Å². The molecule has 0 unspecified atom stereocenters. The first kappa shape index (κ1) is 21.4. The van der Waals surface area contributed by atoms with Gasteiger partial charge in [-0.05, 0) is 26.0 Å². The lowest BCUT2D eigenvalue weighted by atomic mass is 10.0. The highest BCUT2D eigenvalue weighted by Gasteiger charge is 2.32. The maximum absolute atomic E-state index is 12.0. The number of carbonyl (C=O) groups excluding carboxylic acids is 2. The molecule has 0 radical (unpaired) electrons. The average Bonchev–Trinajstić information content (AvgIpc) is 3.00. The van der Waals surface area contributed by atoms with Gasteiger partial charge in [0, 0.05) is 24.1 Å². The number of nitrogens with zero attached hydrogens (tertiary/aromatic N) is 1. The highest BCUT2D eigenvalue weighted by molar-refractivity contribution is 6.33. The maximum Gasteiger partial charge on any atom is 0.344 e. The minimum absolute atomic E-state index is 0.0442. The molecular formula is C20H19ClN2O7. The summed E-state index contributed by atoms with van der Waals surface area (Å²) in [5.41, 5.74) is 0.441. The number of ether oxygens (including phenoxy) is 3. The van der Waals surface area contributed by atoms with Crippen LogP contribution in [0.3, 0.4) is 0 Å². The quantitative estimate of drug-likeness (QED) is 0.402. The Morgan fingerprint density at radius 2 is 2.03 bits per heavy atom. The van der Waals surface area contributed by atoms with E-state index in [-0.39, 0.29) is 22.0 Å². The first-order chi connectivity index (χ1) is 14.1. The second kappa shape index (κ2) is 8.58. The van der Waals surface area contributed by atoms with E-state index in [2.05, 4.69) is 5.32 Å². The van der Waals surface area contributed by atoms with Gasteiger partial charge in [0.2, 0.25) is 0 Å². The molecule has 0 bridgehead atoms. The number of carbonyl (C=O) groups is 2. The fraction of sp³-hybridized carbons (Fsp3) is 0.300. The summed E-state index contributed by atoms with van der Waals surface area (Å²) in [7, 11) is 0. The normalized spacial score (nSPS) is 13.7. The molecule has 0 saturated heterocycles. The van der Waals surface area contributed by atoms with Gasteiger partial charge >= 0.3 is 5.97 Å². The molecular weight excluding hydrogens is 416 g/mol. The van der Waals surface area contributed by atoms with E-state index < -0.39 is 30.0 Å². The number of fused-ring (bicyclic) bond motifs is 1. The molecule has 1 heterocycles. The fourth-order valence-electron chi connectivity index (χ4n) is 2.93. The fourth-order valence-corrected chi connectivity index (χ4v) is 3.10. The Morgan fingerprint density at radius 3 is 2.77 bits per heavy atom.